The van der Waals surface area contributed by atoms with Crippen LogP contribution >= 0.6 is 0 Å². The van der Waals surface area contributed by atoms with Crippen molar-refractivity contribution in [1.29, 1.82) is 0 Å². The number of hydrogen-bond donors (Lipinski definition) is 2. The molecule has 0 aliphatic heterocycles. The molecule has 16 heavy (non-hydrogen) atoms. The second-order valence-electron chi connectivity index (χ2n) is 3.83. The molecular formula is C13H14N2O. The summed E-state index contributed by atoms with van der Waals surface area (Å²) in [4.78, 5) is 4.34. The molecule has 1 aromatic heterocycles. The second kappa shape index (κ2) is 4.33. The van der Waals surface area contributed by atoms with Gasteiger partial charge in [0.1, 0.15) is 0 Å². The summed E-state index contributed by atoms with van der Waals surface area (Å²) in [7, 11) is 0. The number of benzene rings is 1. The Kier molecular flexibility index (Phi) is 2.88. The van der Waals surface area contributed by atoms with Crippen LogP contribution in [0.5, 0.6) is 0 Å². The molecule has 0 atom stereocenters. The van der Waals surface area contributed by atoms with Crippen molar-refractivity contribution in [2.75, 3.05) is 5.48 Å². The van der Waals surface area contributed by atoms with Crippen LogP contribution < -0.4 is 5.48 Å². The highest BCUT2D eigenvalue weighted by Crippen LogP contribution is 2.22. The molecule has 1 heterocycles. The van der Waals surface area contributed by atoms with E-state index in [1.807, 2.05) is 50.2 Å². The minimum atomic E-state index is 0.686. The molecular weight excluding hydrogens is 200 g/mol. The maximum atomic E-state index is 8.73. The van der Waals surface area contributed by atoms with Crippen LogP contribution in [0, 0.1) is 13.8 Å². The Labute approximate surface area is 94.7 Å². The van der Waals surface area contributed by atoms with Gasteiger partial charge in [-0.1, -0.05) is 12.1 Å². The predicted molar refractivity (Wildman–Crippen MR) is 64.6 cm³/mol. The monoisotopic (exact) mass is 214 g/mol. The number of anilines is 1. The van der Waals surface area contributed by atoms with Crippen LogP contribution in [0.1, 0.15) is 11.4 Å². The molecule has 0 unspecified atom stereocenters. The van der Waals surface area contributed by atoms with Crippen molar-refractivity contribution >= 4 is 5.69 Å². The Morgan fingerprint density at radius 3 is 2.00 bits per heavy atom. The Morgan fingerprint density at radius 2 is 1.50 bits per heavy atom. The first-order valence-electron chi connectivity index (χ1n) is 5.15. The van der Waals surface area contributed by atoms with E-state index >= 15 is 0 Å². The largest absolute Gasteiger partial charge is 0.291 e. The van der Waals surface area contributed by atoms with Crippen LogP contribution in [0.3, 0.4) is 0 Å². The van der Waals surface area contributed by atoms with Gasteiger partial charge in [0.25, 0.3) is 0 Å². The number of aromatic nitrogens is 1. The van der Waals surface area contributed by atoms with E-state index in [0.29, 0.717) is 5.69 Å². The molecule has 0 aliphatic carbocycles. The third-order valence-electron chi connectivity index (χ3n) is 2.43. The zero-order chi connectivity index (χ0) is 11.5. The van der Waals surface area contributed by atoms with Crippen LogP contribution in [0.25, 0.3) is 11.1 Å². The molecule has 0 aliphatic rings. The van der Waals surface area contributed by atoms with Gasteiger partial charge in [-0.25, -0.2) is 0 Å². The Bertz CT molecular complexity index is 472. The van der Waals surface area contributed by atoms with Crippen molar-refractivity contribution in [2.45, 2.75) is 13.8 Å². The van der Waals surface area contributed by atoms with E-state index in [0.717, 1.165) is 22.5 Å². The third-order valence-corrected chi connectivity index (χ3v) is 2.43. The molecule has 3 nitrogen and oxygen atoms in total. The van der Waals surface area contributed by atoms with Gasteiger partial charge >= 0.3 is 0 Å². The third kappa shape index (κ3) is 2.20. The second-order valence-corrected chi connectivity index (χ2v) is 3.83. The van der Waals surface area contributed by atoms with E-state index < -0.39 is 0 Å². The summed E-state index contributed by atoms with van der Waals surface area (Å²) in [6, 6.07) is 11.7. The number of rotatable bonds is 2. The van der Waals surface area contributed by atoms with E-state index in [2.05, 4.69) is 10.5 Å². The zero-order valence-electron chi connectivity index (χ0n) is 9.36. The van der Waals surface area contributed by atoms with Crippen LogP contribution in [-0.4, -0.2) is 10.2 Å². The van der Waals surface area contributed by atoms with E-state index in [9.17, 15) is 0 Å². The van der Waals surface area contributed by atoms with Gasteiger partial charge in [0, 0.05) is 11.4 Å². The average Bonchev–Trinajstić information content (AvgIpc) is 2.28. The normalized spacial score (nSPS) is 10.2. The van der Waals surface area contributed by atoms with Crippen molar-refractivity contribution in [3.63, 3.8) is 0 Å². The molecule has 2 N–H and O–H groups in total. The molecule has 0 bridgehead atoms. The predicted octanol–water partition coefficient (Wildman–Crippen LogP) is 3.17. The van der Waals surface area contributed by atoms with Gasteiger partial charge in [0.15, 0.2) is 0 Å². The van der Waals surface area contributed by atoms with Gasteiger partial charge in [-0.3, -0.25) is 15.7 Å². The summed E-state index contributed by atoms with van der Waals surface area (Å²) in [6.07, 6.45) is 0. The summed E-state index contributed by atoms with van der Waals surface area (Å²) >= 11 is 0. The highest BCUT2D eigenvalue weighted by atomic mass is 16.5. The molecule has 2 rings (SSSR count). The number of pyridine rings is 1. The molecule has 0 amide bonds. The van der Waals surface area contributed by atoms with Crippen molar-refractivity contribution < 1.29 is 5.21 Å². The first-order valence-corrected chi connectivity index (χ1v) is 5.15. The fraction of sp³-hybridized carbons (Fsp3) is 0.154. The van der Waals surface area contributed by atoms with E-state index in [-0.39, 0.29) is 0 Å². The lowest BCUT2D eigenvalue weighted by atomic mass is 10.0. The first kappa shape index (κ1) is 10.6. The van der Waals surface area contributed by atoms with Crippen molar-refractivity contribution in [1.82, 2.24) is 4.98 Å². The highest BCUT2D eigenvalue weighted by molar-refractivity contribution is 5.66. The molecule has 2 aromatic rings. The molecule has 0 radical (unpaired) electrons. The van der Waals surface area contributed by atoms with Crippen LogP contribution in [0.15, 0.2) is 36.4 Å². The quantitative estimate of drug-likeness (QED) is 0.755. The lowest BCUT2D eigenvalue weighted by Crippen LogP contribution is -1.90. The zero-order valence-corrected chi connectivity index (χ0v) is 9.36. The van der Waals surface area contributed by atoms with Gasteiger partial charge in [0.2, 0.25) is 0 Å². The Morgan fingerprint density at radius 1 is 0.938 bits per heavy atom. The van der Waals surface area contributed by atoms with Gasteiger partial charge < -0.3 is 0 Å². The van der Waals surface area contributed by atoms with Crippen LogP contribution in [0.4, 0.5) is 5.69 Å². The SMILES string of the molecule is Cc1cc(-c2ccc(NO)cc2)cc(C)n1. The molecule has 3 heteroatoms. The molecule has 0 fully saturated rings. The number of nitrogens with zero attached hydrogens (tertiary/aromatic N) is 1. The van der Waals surface area contributed by atoms with Crippen LogP contribution in [-0.2, 0) is 0 Å². The summed E-state index contributed by atoms with van der Waals surface area (Å²) in [5.74, 6) is 0. The van der Waals surface area contributed by atoms with E-state index in [1.165, 1.54) is 0 Å². The minimum absolute atomic E-state index is 0.686. The topological polar surface area (TPSA) is 45.1 Å². The van der Waals surface area contributed by atoms with Gasteiger partial charge in [-0.2, -0.15) is 0 Å². The van der Waals surface area contributed by atoms with Gasteiger partial charge in [-0.05, 0) is 49.2 Å². The fourth-order valence-electron chi connectivity index (χ4n) is 1.74. The van der Waals surface area contributed by atoms with Crippen molar-refractivity contribution in [3.8, 4) is 11.1 Å². The smallest absolute Gasteiger partial charge is 0.0602 e. The van der Waals surface area contributed by atoms with E-state index in [4.69, 9.17) is 5.21 Å². The summed E-state index contributed by atoms with van der Waals surface area (Å²) in [6.45, 7) is 3.97. The Balaban J connectivity index is 2.42. The van der Waals surface area contributed by atoms with Crippen molar-refractivity contribution in [3.05, 3.63) is 47.8 Å². The van der Waals surface area contributed by atoms with Crippen LogP contribution in [0.2, 0.25) is 0 Å². The summed E-state index contributed by atoms with van der Waals surface area (Å²) in [5.41, 5.74) is 7.09. The Hall–Kier alpha value is -1.87. The lowest BCUT2D eigenvalue weighted by molar-refractivity contribution is 0.389. The molecule has 0 saturated heterocycles. The van der Waals surface area contributed by atoms with Crippen molar-refractivity contribution in [2.24, 2.45) is 0 Å². The molecule has 82 valence electrons. The van der Waals surface area contributed by atoms with Gasteiger partial charge in [0.05, 0.1) is 5.69 Å². The fourth-order valence-corrected chi connectivity index (χ4v) is 1.74. The molecule has 0 spiro atoms. The average molecular weight is 214 g/mol. The molecule has 1 aromatic carbocycles. The maximum absolute atomic E-state index is 8.73. The highest BCUT2D eigenvalue weighted by Gasteiger charge is 2.00. The molecule has 0 saturated carbocycles. The minimum Gasteiger partial charge on any atom is -0.291 e. The van der Waals surface area contributed by atoms with E-state index in [1.54, 1.807) is 0 Å². The first-order chi connectivity index (χ1) is 7.69. The van der Waals surface area contributed by atoms with Gasteiger partial charge in [-0.15, -0.1) is 0 Å². The number of nitrogens with one attached hydrogen (secondary N) is 1. The summed E-state index contributed by atoms with van der Waals surface area (Å²) < 4.78 is 0. The summed E-state index contributed by atoms with van der Waals surface area (Å²) in [5, 5.41) is 8.73. The number of hydrogen-bond acceptors (Lipinski definition) is 3. The standard InChI is InChI=1S/C13H14N2O/c1-9-7-12(8-10(2)14-9)11-3-5-13(15-16)6-4-11/h3-8,15-16H,1-2H3. The maximum Gasteiger partial charge on any atom is 0.0602 e. The number of aryl methyl sites for hydroxylation is 2. The lowest BCUT2D eigenvalue weighted by Gasteiger charge is -2.05.